The van der Waals surface area contributed by atoms with Crippen LogP contribution in [0.2, 0.25) is 0 Å². The number of aryl methyl sites for hydroxylation is 1. The number of fused-ring (bicyclic) bond motifs is 2. The molecule has 35 heavy (non-hydrogen) atoms. The van der Waals surface area contributed by atoms with Gasteiger partial charge in [-0.3, -0.25) is 9.10 Å². The average molecular weight is 495 g/mol. The van der Waals surface area contributed by atoms with E-state index in [1.807, 2.05) is 42.5 Å². The van der Waals surface area contributed by atoms with Crippen molar-refractivity contribution in [3.63, 3.8) is 0 Å². The maximum absolute atomic E-state index is 13.8. The summed E-state index contributed by atoms with van der Waals surface area (Å²) in [6, 6.07) is 17.5. The minimum atomic E-state index is -3.96. The van der Waals surface area contributed by atoms with Gasteiger partial charge in [-0.2, -0.15) is 0 Å². The third kappa shape index (κ3) is 4.27. The number of hydrogen-bond acceptors (Lipinski definition) is 6. The fraction of sp³-hybridized carbons (Fsp3) is 0.269. The van der Waals surface area contributed by atoms with Crippen molar-refractivity contribution in [3.8, 4) is 17.2 Å². The smallest absolute Gasteiger partial charge is 0.268 e. The van der Waals surface area contributed by atoms with Gasteiger partial charge in [-0.15, -0.1) is 0 Å². The van der Waals surface area contributed by atoms with Crippen molar-refractivity contribution in [2.24, 2.45) is 0 Å². The highest BCUT2D eigenvalue weighted by Crippen LogP contribution is 2.36. The number of nitrogens with zero attached hydrogens (tertiary/aromatic N) is 2. The second kappa shape index (κ2) is 9.14. The third-order valence-electron chi connectivity index (χ3n) is 6.25. The Morgan fingerprint density at radius 2 is 1.86 bits per heavy atom. The summed E-state index contributed by atoms with van der Waals surface area (Å²) in [7, 11) is -0.863. The van der Waals surface area contributed by atoms with Crippen molar-refractivity contribution in [1.82, 2.24) is 4.90 Å². The van der Waals surface area contributed by atoms with E-state index in [1.54, 1.807) is 13.1 Å². The van der Waals surface area contributed by atoms with E-state index in [9.17, 15) is 13.2 Å². The largest absolute Gasteiger partial charge is 0.495 e. The Morgan fingerprint density at radius 3 is 2.69 bits per heavy atom. The lowest BCUT2D eigenvalue weighted by molar-refractivity contribution is 0.0784. The zero-order valence-electron chi connectivity index (χ0n) is 19.6. The SMILES string of the molecule is COc1ccc(C(=O)N(C)Cc2ccc3c(c2)OCO3)cc1S(=O)(=O)N1CCCc2ccccc21. The Hall–Kier alpha value is -3.72. The van der Waals surface area contributed by atoms with Gasteiger partial charge in [-0.25, -0.2) is 8.42 Å². The van der Waals surface area contributed by atoms with Crippen LogP contribution in [0.3, 0.4) is 0 Å². The van der Waals surface area contributed by atoms with Crippen LogP contribution in [0.25, 0.3) is 0 Å². The molecule has 0 saturated heterocycles. The molecule has 2 heterocycles. The molecule has 3 aromatic carbocycles. The Kier molecular flexibility index (Phi) is 6.02. The zero-order chi connectivity index (χ0) is 24.6. The van der Waals surface area contributed by atoms with Gasteiger partial charge in [0.15, 0.2) is 11.5 Å². The average Bonchev–Trinajstić information content (AvgIpc) is 3.35. The molecule has 2 aliphatic rings. The first-order valence-electron chi connectivity index (χ1n) is 11.3. The van der Waals surface area contributed by atoms with E-state index < -0.39 is 10.0 Å². The van der Waals surface area contributed by atoms with E-state index >= 15 is 0 Å². The molecule has 2 aliphatic heterocycles. The number of carbonyl (C=O) groups excluding carboxylic acids is 1. The van der Waals surface area contributed by atoms with Gasteiger partial charge in [-0.1, -0.05) is 24.3 Å². The number of anilines is 1. The van der Waals surface area contributed by atoms with Gasteiger partial charge in [0.05, 0.1) is 12.8 Å². The van der Waals surface area contributed by atoms with Gasteiger partial charge in [0.2, 0.25) is 6.79 Å². The van der Waals surface area contributed by atoms with Gasteiger partial charge >= 0.3 is 0 Å². The Morgan fingerprint density at radius 1 is 1.06 bits per heavy atom. The number of hydrogen-bond donors (Lipinski definition) is 0. The monoisotopic (exact) mass is 494 g/mol. The van der Waals surface area contributed by atoms with Crippen LogP contribution < -0.4 is 18.5 Å². The lowest BCUT2D eigenvalue weighted by Gasteiger charge is -2.31. The fourth-order valence-electron chi connectivity index (χ4n) is 4.48. The molecule has 0 atom stereocenters. The lowest BCUT2D eigenvalue weighted by Crippen LogP contribution is -2.36. The van der Waals surface area contributed by atoms with Crippen LogP contribution in [0.1, 0.15) is 27.9 Å². The first-order chi connectivity index (χ1) is 16.9. The number of para-hydroxylation sites is 1. The normalized spacial score (nSPS) is 14.4. The van der Waals surface area contributed by atoms with Crippen LogP contribution in [-0.4, -0.2) is 46.7 Å². The van der Waals surface area contributed by atoms with E-state index in [0.717, 1.165) is 24.0 Å². The van der Waals surface area contributed by atoms with Crippen LogP contribution in [0.15, 0.2) is 65.6 Å². The number of sulfonamides is 1. The molecule has 0 fully saturated rings. The summed E-state index contributed by atoms with van der Waals surface area (Å²) in [6.45, 7) is 0.867. The molecule has 0 aromatic heterocycles. The molecule has 0 spiro atoms. The van der Waals surface area contributed by atoms with Crippen LogP contribution in [0.5, 0.6) is 17.2 Å². The Labute approximate surface area is 204 Å². The number of benzene rings is 3. The van der Waals surface area contributed by atoms with Gasteiger partial charge < -0.3 is 19.1 Å². The van der Waals surface area contributed by atoms with Gasteiger partial charge in [0, 0.05) is 25.7 Å². The molecular formula is C26H26N2O6S. The first-order valence-corrected chi connectivity index (χ1v) is 12.7. The van der Waals surface area contributed by atoms with E-state index in [-0.39, 0.29) is 28.9 Å². The summed E-state index contributed by atoms with van der Waals surface area (Å²) >= 11 is 0. The van der Waals surface area contributed by atoms with Crippen molar-refractivity contribution in [1.29, 1.82) is 0 Å². The van der Waals surface area contributed by atoms with E-state index in [2.05, 4.69) is 0 Å². The summed E-state index contributed by atoms with van der Waals surface area (Å²) in [5, 5.41) is 0. The van der Waals surface area contributed by atoms with E-state index in [4.69, 9.17) is 14.2 Å². The molecule has 0 aliphatic carbocycles. The molecule has 0 radical (unpaired) electrons. The molecular weight excluding hydrogens is 468 g/mol. The zero-order valence-corrected chi connectivity index (χ0v) is 20.4. The number of rotatable bonds is 6. The lowest BCUT2D eigenvalue weighted by atomic mass is 10.0. The molecule has 0 unspecified atom stereocenters. The van der Waals surface area contributed by atoms with Crippen molar-refractivity contribution >= 4 is 21.6 Å². The minimum Gasteiger partial charge on any atom is -0.495 e. The Bertz CT molecular complexity index is 1390. The predicted molar refractivity (Wildman–Crippen MR) is 131 cm³/mol. The van der Waals surface area contributed by atoms with Crippen molar-refractivity contribution in [3.05, 3.63) is 77.4 Å². The fourth-order valence-corrected chi connectivity index (χ4v) is 6.21. The summed E-state index contributed by atoms with van der Waals surface area (Å²) in [4.78, 5) is 14.8. The van der Waals surface area contributed by atoms with Crippen molar-refractivity contribution in [2.45, 2.75) is 24.3 Å². The molecule has 0 saturated carbocycles. The second-order valence-electron chi connectivity index (χ2n) is 8.52. The topological polar surface area (TPSA) is 85.4 Å². The van der Waals surface area contributed by atoms with Crippen LogP contribution >= 0.6 is 0 Å². The molecule has 9 heteroatoms. The summed E-state index contributed by atoms with van der Waals surface area (Å²) in [5.74, 6) is 1.21. The van der Waals surface area contributed by atoms with Crippen LogP contribution in [-0.2, 0) is 23.0 Å². The maximum Gasteiger partial charge on any atom is 0.268 e. The van der Waals surface area contributed by atoms with Crippen molar-refractivity contribution < 1.29 is 27.4 Å². The highest BCUT2D eigenvalue weighted by Gasteiger charge is 2.32. The maximum atomic E-state index is 13.8. The molecule has 5 rings (SSSR count). The highest BCUT2D eigenvalue weighted by atomic mass is 32.2. The number of methoxy groups -OCH3 is 1. The van der Waals surface area contributed by atoms with E-state index in [0.29, 0.717) is 30.3 Å². The number of amides is 1. The summed E-state index contributed by atoms with van der Waals surface area (Å²) in [5.41, 5.74) is 2.78. The molecule has 1 amide bonds. The Balaban J connectivity index is 1.44. The second-order valence-corrected chi connectivity index (χ2v) is 10.4. The third-order valence-corrected chi connectivity index (χ3v) is 8.08. The molecule has 0 N–H and O–H groups in total. The van der Waals surface area contributed by atoms with Crippen LogP contribution in [0.4, 0.5) is 5.69 Å². The summed E-state index contributed by atoms with van der Waals surface area (Å²) in [6.07, 6.45) is 1.54. The summed E-state index contributed by atoms with van der Waals surface area (Å²) < 4.78 is 45.1. The predicted octanol–water partition coefficient (Wildman–Crippen LogP) is 3.84. The van der Waals surface area contributed by atoms with Gasteiger partial charge in [0.25, 0.3) is 15.9 Å². The van der Waals surface area contributed by atoms with Crippen LogP contribution in [0, 0.1) is 0 Å². The molecule has 8 nitrogen and oxygen atoms in total. The van der Waals surface area contributed by atoms with Gasteiger partial charge in [-0.05, 0) is 60.4 Å². The van der Waals surface area contributed by atoms with E-state index in [1.165, 1.54) is 28.4 Å². The quantitative estimate of drug-likeness (QED) is 0.518. The minimum absolute atomic E-state index is 0.0287. The molecule has 182 valence electrons. The molecule has 0 bridgehead atoms. The van der Waals surface area contributed by atoms with Crippen molar-refractivity contribution in [2.75, 3.05) is 31.8 Å². The number of carbonyl (C=O) groups is 1. The van der Waals surface area contributed by atoms with Gasteiger partial charge in [0.1, 0.15) is 10.6 Å². The highest BCUT2D eigenvalue weighted by molar-refractivity contribution is 7.93. The first kappa shape index (κ1) is 23.0. The standard InChI is InChI=1S/C26H26N2O6S/c1-27(16-18-9-11-22-24(14-18)34-17-33-22)26(29)20-10-12-23(32-2)25(15-20)35(30,31)28-13-5-7-19-6-3-4-8-21(19)28/h3-4,6,8-12,14-15H,5,7,13,16-17H2,1-2H3. The number of ether oxygens (including phenoxy) is 3. The molecule has 3 aromatic rings.